The maximum Gasteiger partial charge on any atom is 0.327 e. The highest BCUT2D eigenvalue weighted by atomic mass is 32.2. The summed E-state index contributed by atoms with van der Waals surface area (Å²) in [6, 6.07) is -1.09. The third-order valence-electron chi connectivity index (χ3n) is 2.64. The molecule has 18 heavy (non-hydrogen) atoms. The molecule has 0 unspecified atom stereocenters. The zero-order valence-corrected chi connectivity index (χ0v) is 11.7. The molecular formula is C11H20N2O4S. The second-order valence-electron chi connectivity index (χ2n) is 4.93. The third-order valence-corrected chi connectivity index (χ3v) is 3.66. The Morgan fingerprint density at radius 1 is 1.50 bits per heavy atom. The van der Waals surface area contributed by atoms with Gasteiger partial charge in [0.15, 0.2) is 0 Å². The van der Waals surface area contributed by atoms with Crippen LogP contribution in [0, 0.1) is 0 Å². The summed E-state index contributed by atoms with van der Waals surface area (Å²) in [5.74, 6) is -0.174. The number of carboxylic acids is 1. The maximum absolute atomic E-state index is 12.2. The van der Waals surface area contributed by atoms with Gasteiger partial charge in [-0.05, 0) is 20.8 Å². The van der Waals surface area contributed by atoms with Crippen LogP contribution in [0.2, 0.25) is 0 Å². The van der Waals surface area contributed by atoms with Crippen LogP contribution < -0.4 is 0 Å². The van der Waals surface area contributed by atoms with Gasteiger partial charge >= 0.3 is 12.0 Å². The highest BCUT2D eigenvalue weighted by Gasteiger charge is 2.37. The number of thioether (sulfide) groups is 1. The molecule has 0 aliphatic carbocycles. The van der Waals surface area contributed by atoms with Crippen LogP contribution >= 0.6 is 11.8 Å². The SMILES string of the molecule is CCN(CC(C)(C)O)C(=O)N1CSC[C@H]1C(=O)O. The molecule has 0 bridgehead atoms. The number of hydrogen-bond acceptors (Lipinski definition) is 4. The Hall–Kier alpha value is -0.950. The van der Waals surface area contributed by atoms with Crippen molar-refractivity contribution in [1.82, 2.24) is 9.80 Å². The molecule has 0 spiro atoms. The molecule has 1 rings (SSSR count). The first-order valence-corrected chi connectivity index (χ1v) is 7.00. The molecule has 104 valence electrons. The minimum Gasteiger partial charge on any atom is -0.480 e. The quantitative estimate of drug-likeness (QED) is 0.788. The van der Waals surface area contributed by atoms with E-state index in [1.54, 1.807) is 13.8 Å². The van der Waals surface area contributed by atoms with Crippen LogP contribution in [0.5, 0.6) is 0 Å². The van der Waals surface area contributed by atoms with Gasteiger partial charge in [-0.1, -0.05) is 0 Å². The number of urea groups is 1. The molecule has 6 nitrogen and oxygen atoms in total. The number of carboxylic acid groups (broad SMARTS) is 1. The number of likely N-dealkylation sites (N-methyl/N-ethyl adjacent to an activating group) is 1. The fourth-order valence-corrected chi connectivity index (χ4v) is 2.94. The van der Waals surface area contributed by atoms with Crippen LogP contribution in [-0.4, -0.2) is 68.4 Å². The average molecular weight is 276 g/mol. The molecule has 0 radical (unpaired) electrons. The molecule has 0 saturated carbocycles. The number of nitrogens with zero attached hydrogens (tertiary/aromatic N) is 2. The van der Waals surface area contributed by atoms with E-state index in [4.69, 9.17) is 5.11 Å². The number of rotatable bonds is 4. The Morgan fingerprint density at radius 3 is 2.56 bits per heavy atom. The van der Waals surface area contributed by atoms with Gasteiger partial charge in [-0.25, -0.2) is 9.59 Å². The fraction of sp³-hybridized carbons (Fsp3) is 0.818. The van der Waals surface area contributed by atoms with Crippen molar-refractivity contribution in [2.45, 2.75) is 32.4 Å². The lowest BCUT2D eigenvalue weighted by molar-refractivity contribution is -0.141. The van der Waals surface area contributed by atoms with Crippen molar-refractivity contribution < 1.29 is 19.8 Å². The van der Waals surface area contributed by atoms with Crippen LogP contribution in [0.15, 0.2) is 0 Å². The standard InChI is InChI=1S/C11H20N2O4S/c1-4-12(6-11(2,3)17)10(16)13-7-18-5-8(13)9(14)15/h8,17H,4-7H2,1-3H3,(H,14,15)/t8-/m0/s1. The average Bonchev–Trinajstić information content (AvgIpc) is 2.72. The molecule has 1 aliphatic rings. The summed E-state index contributed by atoms with van der Waals surface area (Å²) >= 11 is 1.43. The van der Waals surface area contributed by atoms with Crippen LogP contribution in [0.25, 0.3) is 0 Å². The van der Waals surface area contributed by atoms with Crippen LogP contribution in [0.3, 0.4) is 0 Å². The Balaban J connectivity index is 2.74. The van der Waals surface area contributed by atoms with Crippen molar-refractivity contribution >= 4 is 23.8 Å². The number of aliphatic hydroxyl groups is 1. The normalized spacial score (nSPS) is 20.0. The Kier molecular flexibility index (Phi) is 4.86. The summed E-state index contributed by atoms with van der Waals surface area (Å²) in [6.07, 6.45) is 0. The zero-order valence-electron chi connectivity index (χ0n) is 10.9. The third kappa shape index (κ3) is 3.78. The predicted octanol–water partition coefficient (Wildman–Crippen LogP) is 0.659. The monoisotopic (exact) mass is 276 g/mol. The van der Waals surface area contributed by atoms with E-state index in [1.165, 1.54) is 21.6 Å². The summed E-state index contributed by atoms with van der Waals surface area (Å²) in [5.41, 5.74) is -0.989. The smallest absolute Gasteiger partial charge is 0.327 e. The largest absolute Gasteiger partial charge is 0.480 e. The predicted molar refractivity (Wildman–Crippen MR) is 69.5 cm³/mol. The molecule has 1 atom stereocenters. The van der Waals surface area contributed by atoms with Crippen molar-refractivity contribution in [1.29, 1.82) is 0 Å². The lowest BCUT2D eigenvalue weighted by Gasteiger charge is -2.32. The molecule has 1 saturated heterocycles. The molecule has 0 aromatic rings. The number of carbonyl (C=O) groups is 2. The van der Waals surface area contributed by atoms with E-state index in [0.29, 0.717) is 18.2 Å². The van der Waals surface area contributed by atoms with E-state index in [2.05, 4.69) is 0 Å². The molecule has 7 heteroatoms. The first-order chi connectivity index (χ1) is 8.26. The van der Waals surface area contributed by atoms with Crippen molar-refractivity contribution in [3.05, 3.63) is 0 Å². The summed E-state index contributed by atoms with van der Waals surface area (Å²) in [6.45, 7) is 5.68. The van der Waals surface area contributed by atoms with E-state index in [1.807, 2.05) is 6.92 Å². The second kappa shape index (κ2) is 5.79. The van der Waals surface area contributed by atoms with E-state index in [0.717, 1.165) is 0 Å². The maximum atomic E-state index is 12.2. The van der Waals surface area contributed by atoms with Crippen molar-refractivity contribution in [2.24, 2.45) is 0 Å². The number of amides is 2. The van der Waals surface area contributed by atoms with Gasteiger partial charge in [0.05, 0.1) is 18.0 Å². The fourth-order valence-electron chi connectivity index (χ4n) is 1.80. The van der Waals surface area contributed by atoms with Crippen LogP contribution in [0.1, 0.15) is 20.8 Å². The topological polar surface area (TPSA) is 81.1 Å². The Bertz CT molecular complexity index is 329. The first-order valence-electron chi connectivity index (χ1n) is 5.84. The van der Waals surface area contributed by atoms with Crippen molar-refractivity contribution in [3.8, 4) is 0 Å². The summed E-state index contributed by atoms with van der Waals surface area (Å²) in [4.78, 5) is 26.1. The second-order valence-corrected chi connectivity index (χ2v) is 5.93. The van der Waals surface area contributed by atoms with Gasteiger partial charge in [0.2, 0.25) is 0 Å². The lowest BCUT2D eigenvalue weighted by Crippen LogP contribution is -2.51. The van der Waals surface area contributed by atoms with Gasteiger partial charge < -0.3 is 20.0 Å². The summed E-state index contributed by atoms with van der Waals surface area (Å²) in [5, 5.41) is 18.8. The molecule has 2 N–H and O–H groups in total. The van der Waals surface area contributed by atoms with Gasteiger partial charge in [-0.2, -0.15) is 0 Å². The van der Waals surface area contributed by atoms with Gasteiger partial charge in [-0.15, -0.1) is 11.8 Å². The van der Waals surface area contributed by atoms with E-state index >= 15 is 0 Å². The van der Waals surface area contributed by atoms with Crippen LogP contribution in [-0.2, 0) is 4.79 Å². The summed E-state index contributed by atoms with van der Waals surface area (Å²) in [7, 11) is 0. The van der Waals surface area contributed by atoms with Crippen molar-refractivity contribution in [3.63, 3.8) is 0 Å². The highest BCUT2D eigenvalue weighted by Crippen LogP contribution is 2.23. The number of hydrogen-bond donors (Lipinski definition) is 2. The molecule has 1 aliphatic heterocycles. The van der Waals surface area contributed by atoms with Gasteiger partial charge in [0, 0.05) is 12.3 Å². The Morgan fingerprint density at radius 2 is 2.11 bits per heavy atom. The summed E-state index contributed by atoms with van der Waals surface area (Å²) < 4.78 is 0. The molecule has 0 aromatic carbocycles. The first kappa shape index (κ1) is 15.1. The molecule has 0 aromatic heterocycles. The van der Waals surface area contributed by atoms with Gasteiger partial charge in [0.25, 0.3) is 0 Å². The molecule has 1 fully saturated rings. The Labute approximate surface area is 111 Å². The van der Waals surface area contributed by atoms with Crippen molar-refractivity contribution in [2.75, 3.05) is 24.7 Å². The minimum atomic E-state index is -0.989. The number of aliphatic carboxylic acids is 1. The van der Waals surface area contributed by atoms with Crippen LogP contribution in [0.4, 0.5) is 4.79 Å². The van der Waals surface area contributed by atoms with E-state index in [9.17, 15) is 14.7 Å². The molecule has 1 heterocycles. The highest BCUT2D eigenvalue weighted by molar-refractivity contribution is 7.99. The number of carbonyl (C=O) groups excluding carboxylic acids is 1. The lowest BCUT2D eigenvalue weighted by atomic mass is 10.1. The molecular weight excluding hydrogens is 256 g/mol. The van der Waals surface area contributed by atoms with E-state index < -0.39 is 17.6 Å². The minimum absolute atomic E-state index is 0.190. The molecule has 2 amide bonds. The van der Waals surface area contributed by atoms with Gasteiger partial charge in [0.1, 0.15) is 6.04 Å². The van der Waals surface area contributed by atoms with E-state index in [-0.39, 0.29) is 12.6 Å². The zero-order chi connectivity index (χ0) is 13.9. The van der Waals surface area contributed by atoms with Gasteiger partial charge in [-0.3, -0.25) is 0 Å².